The molecule has 0 unspecified atom stereocenters. The number of anilines is 1. The van der Waals surface area contributed by atoms with Gasteiger partial charge < -0.3 is 39.3 Å². The normalized spacial score (nSPS) is 19.8. The number of nitrogens with two attached hydrogens (primary N) is 1. The maximum absolute atomic E-state index is 11.7. The van der Waals surface area contributed by atoms with Crippen LogP contribution in [0.1, 0.15) is 22.9 Å². The average Bonchev–Trinajstić information content (AvgIpc) is 3.67. The molecule has 3 heterocycles. The summed E-state index contributed by atoms with van der Waals surface area (Å²) < 4.78 is 37.5. The van der Waals surface area contributed by atoms with Crippen LogP contribution in [0.25, 0.3) is 11.2 Å². The number of hydrogen-bond acceptors (Lipinski definition) is 11. The van der Waals surface area contributed by atoms with Crippen LogP contribution >= 0.6 is 0 Å². The summed E-state index contributed by atoms with van der Waals surface area (Å²) in [6.07, 6.45) is -0.516. The summed E-state index contributed by atoms with van der Waals surface area (Å²) in [7, 11) is 4.84. The third-order valence-electron chi connectivity index (χ3n) is 8.21. The van der Waals surface area contributed by atoms with Crippen LogP contribution in [0.4, 0.5) is 5.82 Å². The number of methoxy groups -OCH3 is 3. The molecule has 46 heavy (non-hydrogen) atoms. The SMILES string of the molecule is COCCO[C@H]1[C@@H](O)[C@@H](COC(c2ccccc2)(c2ccc(OC)cc2)c2ccc(OC)cc2)O[C@@H]1n1cnc2c(N)ncnc21. The van der Waals surface area contributed by atoms with Crippen molar-refractivity contribution >= 4 is 17.0 Å². The Bertz CT molecular complexity index is 1670. The number of imidazole rings is 1. The highest BCUT2D eigenvalue weighted by Gasteiger charge is 2.48. The van der Waals surface area contributed by atoms with Gasteiger partial charge in [-0.2, -0.15) is 0 Å². The van der Waals surface area contributed by atoms with Crippen LogP contribution in [-0.2, 0) is 24.5 Å². The van der Waals surface area contributed by atoms with Crippen molar-refractivity contribution in [3.8, 4) is 11.5 Å². The van der Waals surface area contributed by atoms with Crippen LogP contribution in [0, 0.1) is 0 Å². The maximum Gasteiger partial charge on any atom is 0.167 e. The van der Waals surface area contributed by atoms with Gasteiger partial charge in [-0.05, 0) is 41.0 Å². The molecule has 0 aliphatic carbocycles. The molecule has 12 heteroatoms. The van der Waals surface area contributed by atoms with Gasteiger partial charge in [-0.1, -0.05) is 54.6 Å². The van der Waals surface area contributed by atoms with Crippen LogP contribution in [0.3, 0.4) is 0 Å². The van der Waals surface area contributed by atoms with Crippen molar-refractivity contribution in [2.45, 2.75) is 30.1 Å². The Hall–Kier alpha value is -4.59. The number of rotatable bonds is 13. The van der Waals surface area contributed by atoms with E-state index in [1.54, 1.807) is 32.2 Å². The van der Waals surface area contributed by atoms with E-state index in [4.69, 9.17) is 34.2 Å². The number of aliphatic hydroxyl groups is 1. The molecule has 5 aromatic rings. The summed E-state index contributed by atoms with van der Waals surface area (Å²) in [6.45, 7) is 0.572. The van der Waals surface area contributed by atoms with E-state index in [9.17, 15) is 5.11 Å². The predicted octanol–water partition coefficient (Wildman–Crippen LogP) is 3.72. The molecular formula is C34H37N5O7. The van der Waals surface area contributed by atoms with Crippen LogP contribution in [0.5, 0.6) is 11.5 Å². The van der Waals surface area contributed by atoms with Gasteiger partial charge in [0.15, 0.2) is 17.7 Å². The van der Waals surface area contributed by atoms with Gasteiger partial charge in [-0.3, -0.25) is 4.57 Å². The molecule has 1 aliphatic heterocycles. The largest absolute Gasteiger partial charge is 0.497 e. The topological polar surface area (TPSA) is 145 Å². The minimum atomic E-state index is -1.10. The Labute approximate surface area is 266 Å². The molecule has 12 nitrogen and oxygen atoms in total. The van der Waals surface area contributed by atoms with Crippen molar-refractivity contribution in [3.63, 3.8) is 0 Å². The number of ether oxygens (including phenoxy) is 6. The molecule has 6 rings (SSSR count). The first-order chi connectivity index (χ1) is 22.5. The summed E-state index contributed by atoms with van der Waals surface area (Å²) in [4.78, 5) is 12.8. The number of benzene rings is 3. The number of hydrogen-bond donors (Lipinski definition) is 2. The molecule has 2 aromatic heterocycles. The Balaban J connectivity index is 1.40. The van der Waals surface area contributed by atoms with Gasteiger partial charge in [0.05, 0.1) is 40.4 Å². The van der Waals surface area contributed by atoms with Crippen molar-refractivity contribution in [1.29, 1.82) is 0 Å². The van der Waals surface area contributed by atoms with E-state index in [-0.39, 0.29) is 19.0 Å². The monoisotopic (exact) mass is 627 g/mol. The summed E-state index contributed by atoms with van der Waals surface area (Å²) in [5, 5.41) is 11.7. The highest BCUT2D eigenvalue weighted by molar-refractivity contribution is 5.81. The third-order valence-corrected chi connectivity index (χ3v) is 8.21. The molecule has 240 valence electrons. The number of fused-ring (bicyclic) bond motifs is 1. The van der Waals surface area contributed by atoms with Gasteiger partial charge in [-0.15, -0.1) is 0 Å². The van der Waals surface area contributed by atoms with Gasteiger partial charge in [0.25, 0.3) is 0 Å². The van der Waals surface area contributed by atoms with Gasteiger partial charge in [-0.25, -0.2) is 15.0 Å². The van der Waals surface area contributed by atoms with E-state index < -0.39 is 30.1 Å². The number of nitrogen functional groups attached to an aromatic ring is 1. The van der Waals surface area contributed by atoms with Gasteiger partial charge in [0, 0.05) is 7.11 Å². The Morgan fingerprint density at radius 2 is 1.46 bits per heavy atom. The fourth-order valence-electron chi connectivity index (χ4n) is 5.87. The highest BCUT2D eigenvalue weighted by Crippen LogP contribution is 2.43. The lowest BCUT2D eigenvalue weighted by molar-refractivity contribution is -0.0970. The van der Waals surface area contributed by atoms with E-state index in [0.29, 0.717) is 29.3 Å². The van der Waals surface area contributed by atoms with E-state index in [1.165, 1.54) is 6.33 Å². The summed E-state index contributed by atoms with van der Waals surface area (Å²) in [6, 6.07) is 25.4. The molecule has 0 amide bonds. The lowest BCUT2D eigenvalue weighted by Crippen LogP contribution is -2.40. The van der Waals surface area contributed by atoms with Gasteiger partial charge >= 0.3 is 0 Å². The van der Waals surface area contributed by atoms with Gasteiger partial charge in [0.2, 0.25) is 0 Å². The van der Waals surface area contributed by atoms with Crippen LogP contribution in [0.2, 0.25) is 0 Å². The Morgan fingerprint density at radius 3 is 2.07 bits per heavy atom. The minimum Gasteiger partial charge on any atom is -0.497 e. The van der Waals surface area contributed by atoms with Gasteiger partial charge in [0.1, 0.15) is 47.3 Å². The molecule has 3 N–H and O–H groups in total. The van der Waals surface area contributed by atoms with Crippen LogP contribution in [-0.4, -0.2) is 84.1 Å². The number of aliphatic hydroxyl groups excluding tert-OH is 1. The molecule has 1 fully saturated rings. The zero-order chi connectivity index (χ0) is 32.1. The summed E-state index contributed by atoms with van der Waals surface area (Å²) in [5.41, 5.74) is 8.44. The molecule has 1 aliphatic rings. The zero-order valence-electron chi connectivity index (χ0n) is 25.9. The second kappa shape index (κ2) is 13.8. The van der Waals surface area contributed by atoms with Crippen molar-refractivity contribution in [3.05, 3.63) is 108 Å². The van der Waals surface area contributed by atoms with E-state index >= 15 is 0 Å². The Morgan fingerprint density at radius 1 is 0.826 bits per heavy atom. The average molecular weight is 628 g/mol. The molecule has 1 saturated heterocycles. The van der Waals surface area contributed by atoms with E-state index in [2.05, 4.69) is 15.0 Å². The zero-order valence-corrected chi connectivity index (χ0v) is 25.9. The van der Waals surface area contributed by atoms with Crippen molar-refractivity contribution in [2.24, 2.45) is 0 Å². The number of aromatic nitrogens is 4. The standard InChI is InChI=1S/C34H37N5O7/c1-41-17-18-44-30-29(40)27(46-33(30)39-21-38-28-31(35)36-20-37-32(28)39)19-45-34(22-7-5-4-6-8-22,23-9-13-25(42-2)14-10-23)24-11-15-26(43-3)16-12-24/h4-16,20-21,27,29-30,33,40H,17-19H2,1-3H3,(H2,35,36,37)/t27-,29+,30+,33+/m1/s1. The lowest BCUT2D eigenvalue weighted by Gasteiger charge is -2.37. The molecule has 0 saturated carbocycles. The van der Waals surface area contributed by atoms with Crippen LogP contribution < -0.4 is 15.2 Å². The first-order valence-corrected chi connectivity index (χ1v) is 14.9. The predicted molar refractivity (Wildman–Crippen MR) is 170 cm³/mol. The van der Waals surface area contributed by atoms with Crippen molar-refractivity contribution in [2.75, 3.05) is 46.9 Å². The lowest BCUT2D eigenvalue weighted by atomic mass is 9.80. The fraction of sp³-hybridized carbons (Fsp3) is 0.324. The third kappa shape index (κ3) is 5.88. The minimum absolute atomic E-state index is 0.00148. The summed E-state index contributed by atoms with van der Waals surface area (Å²) in [5.74, 6) is 1.67. The molecular weight excluding hydrogens is 590 g/mol. The maximum atomic E-state index is 11.7. The first kappa shape index (κ1) is 31.4. The van der Waals surface area contributed by atoms with E-state index in [1.807, 2.05) is 78.9 Å². The van der Waals surface area contributed by atoms with Crippen molar-refractivity contribution < 1.29 is 33.5 Å². The smallest absolute Gasteiger partial charge is 0.167 e. The van der Waals surface area contributed by atoms with E-state index in [0.717, 1.165) is 16.7 Å². The first-order valence-electron chi connectivity index (χ1n) is 14.9. The quantitative estimate of drug-likeness (QED) is 0.146. The second-order valence-corrected chi connectivity index (χ2v) is 10.8. The van der Waals surface area contributed by atoms with Crippen LogP contribution in [0.15, 0.2) is 91.5 Å². The Kier molecular flexibility index (Phi) is 9.43. The second-order valence-electron chi connectivity index (χ2n) is 10.8. The number of nitrogens with zero attached hydrogens (tertiary/aromatic N) is 4. The highest BCUT2D eigenvalue weighted by atomic mass is 16.6. The summed E-state index contributed by atoms with van der Waals surface area (Å²) >= 11 is 0. The van der Waals surface area contributed by atoms with Crippen molar-refractivity contribution in [1.82, 2.24) is 19.5 Å². The molecule has 0 spiro atoms. The molecule has 3 aromatic carbocycles. The molecule has 0 radical (unpaired) electrons. The molecule has 4 atom stereocenters. The fourth-order valence-corrected chi connectivity index (χ4v) is 5.87. The molecule has 0 bridgehead atoms.